The van der Waals surface area contributed by atoms with Crippen LogP contribution in [0.5, 0.6) is 5.75 Å². The molecule has 4 nitrogen and oxygen atoms in total. The summed E-state index contributed by atoms with van der Waals surface area (Å²) in [6, 6.07) is 7.90. The van der Waals surface area contributed by atoms with Gasteiger partial charge >= 0.3 is 0 Å². The van der Waals surface area contributed by atoms with E-state index in [1.54, 1.807) is 0 Å². The molecular formula is C17H24N2O2. The minimum atomic E-state index is -0.362. The molecule has 0 aliphatic carbocycles. The van der Waals surface area contributed by atoms with Crippen molar-refractivity contribution in [2.24, 2.45) is 11.8 Å². The summed E-state index contributed by atoms with van der Waals surface area (Å²) in [5, 5.41) is 3.40. The van der Waals surface area contributed by atoms with E-state index in [0.717, 1.165) is 37.5 Å². The fourth-order valence-electron chi connectivity index (χ4n) is 3.40. The van der Waals surface area contributed by atoms with Crippen LogP contribution in [0.4, 0.5) is 0 Å². The number of ether oxygens (including phenoxy) is 1. The van der Waals surface area contributed by atoms with E-state index in [1.807, 2.05) is 43.0 Å². The lowest BCUT2D eigenvalue weighted by molar-refractivity contribution is -0.138. The van der Waals surface area contributed by atoms with Gasteiger partial charge in [0.05, 0.1) is 0 Å². The molecular weight excluding hydrogens is 264 g/mol. The number of aryl methyl sites for hydroxylation is 1. The second-order valence-corrected chi connectivity index (χ2v) is 6.25. The van der Waals surface area contributed by atoms with E-state index in [1.165, 1.54) is 0 Å². The summed E-state index contributed by atoms with van der Waals surface area (Å²) in [6.45, 7) is 7.89. The maximum atomic E-state index is 12.7. The molecule has 0 aromatic heterocycles. The third-order valence-corrected chi connectivity index (χ3v) is 4.62. The molecule has 0 spiro atoms. The summed E-state index contributed by atoms with van der Waals surface area (Å²) in [5.74, 6) is 2.19. The van der Waals surface area contributed by atoms with Crippen LogP contribution in [-0.4, -0.2) is 43.1 Å². The largest absolute Gasteiger partial charge is 0.481 e. The van der Waals surface area contributed by atoms with Crippen LogP contribution in [0.2, 0.25) is 0 Å². The van der Waals surface area contributed by atoms with Crippen molar-refractivity contribution >= 4 is 5.91 Å². The van der Waals surface area contributed by atoms with Gasteiger partial charge in [-0.25, -0.2) is 0 Å². The van der Waals surface area contributed by atoms with Gasteiger partial charge in [-0.2, -0.15) is 0 Å². The van der Waals surface area contributed by atoms with Crippen LogP contribution in [0, 0.1) is 18.8 Å². The van der Waals surface area contributed by atoms with Crippen LogP contribution < -0.4 is 10.1 Å². The maximum Gasteiger partial charge on any atom is 0.263 e. The first-order chi connectivity index (χ1) is 10.2. The first-order valence-electron chi connectivity index (χ1n) is 7.90. The Labute approximate surface area is 126 Å². The predicted molar refractivity (Wildman–Crippen MR) is 82.3 cm³/mol. The minimum Gasteiger partial charge on any atom is -0.481 e. The van der Waals surface area contributed by atoms with Gasteiger partial charge in [-0.15, -0.1) is 0 Å². The van der Waals surface area contributed by atoms with Crippen molar-refractivity contribution in [3.63, 3.8) is 0 Å². The Morgan fingerprint density at radius 3 is 2.71 bits per heavy atom. The normalized spacial score (nSPS) is 25.7. The van der Waals surface area contributed by atoms with Crippen molar-refractivity contribution in [3.8, 4) is 5.75 Å². The van der Waals surface area contributed by atoms with Gasteiger partial charge in [0.25, 0.3) is 5.91 Å². The third-order valence-electron chi connectivity index (χ3n) is 4.62. The highest BCUT2D eigenvalue weighted by molar-refractivity contribution is 5.81. The van der Waals surface area contributed by atoms with Gasteiger partial charge in [0.2, 0.25) is 0 Å². The van der Waals surface area contributed by atoms with E-state index in [9.17, 15) is 4.79 Å². The molecule has 2 aliphatic heterocycles. The molecule has 1 unspecified atom stereocenters. The first kappa shape index (κ1) is 14.4. The molecule has 0 bridgehead atoms. The Kier molecular flexibility index (Phi) is 4.15. The van der Waals surface area contributed by atoms with Crippen LogP contribution in [-0.2, 0) is 4.79 Å². The molecule has 2 aliphatic rings. The second-order valence-electron chi connectivity index (χ2n) is 6.25. The number of benzene rings is 1. The van der Waals surface area contributed by atoms with Gasteiger partial charge < -0.3 is 15.0 Å². The summed E-state index contributed by atoms with van der Waals surface area (Å²) in [5.41, 5.74) is 1.15. The zero-order chi connectivity index (χ0) is 14.8. The standard InChI is InChI=1S/C17H24N2O2/c1-3-16(21-15-6-4-5-12(2)7-15)17(20)19-10-13-8-18-9-14(13)11-19/h4-7,13-14,16,18H,3,8-11H2,1-2H3/t13-,14+,16?. The highest BCUT2D eigenvalue weighted by Crippen LogP contribution is 2.27. The number of fused-ring (bicyclic) bond motifs is 1. The number of likely N-dealkylation sites (tertiary alicyclic amines) is 1. The Morgan fingerprint density at radius 2 is 2.10 bits per heavy atom. The smallest absolute Gasteiger partial charge is 0.263 e. The average molecular weight is 288 g/mol. The predicted octanol–water partition coefficient (Wildman–Crippen LogP) is 1.83. The lowest BCUT2D eigenvalue weighted by atomic mass is 10.0. The number of hydrogen-bond donors (Lipinski definition) is 1. The highest BCUT2D eigenvalue weighted by atomic mass is 16.5. The molecule has 3 atom stereocenters. The van der Waals surface area contributed by atoms with Gasteiger partial charge in [-0.05, 0) is 42.9 Å². The number of carbonyl (C=O) groups excluding carboxylic acids is 1. The van der Waals surface area contributed by atoms with Crippen molar-refractivity contribution in [2.75, 3.05) is 26.2 Å². The van der Waals surface area contributed by atoms with Gasteiger partial charge in [-0.3, -0.25) is 4.79 Å². The molecule has 114 valence electrons. The quantitative estimate of drug-likeness (QED) is 0.919. The molecule has 1 N–H and O–H groups in total. The summed E-state index contributed by atoms with van der Waals surface area (Å²) < 4.78 is 5.93. The summed E-state index contributed by atoms with van der Waals surface area (Å²) in [7, 11) is 0. The lowest BCUT2D eigenvalue weighted by Crippen LogP contribution is -2.41. The van der Waals surface area contributed by atoms with Crippen LogP contribution in [0.25, 0.3) is 0 Å². The summed E-state index contributed by atoms with van der Waals surface area (Å²) in [4.78, 5) is 14.7. The molecule has 1 aromatic carbocycles. The van der Waals surface area contributed by atoms with Crippen molar-refractivity contribution in [1.82, 2.24) is 10.2 Å². The number of carbonyl (C=O) groups is 1. The number of nitrogens with zero attached hydrogens (tertiary/aromatic N) is 1. The molecule has 1 amide bonds. The summed E-state index contributed by atoms with van der Waals surface area (Å²) in [6.07, 6.45) is 0.343. The molecule has 2 fully saturated rings. The number of hydrogen-bond acceptors (Lipinski definition) is 3. The molecule has 2 saturated heterocycles. The van der Waals surface area contributed by atoms with Crippen molar-refractivity contribution in [2.45, 2.75) is 26.4 Å². The van der Waals surface area contributed by atoms with Crippen LogP contribution in [0.3, 0.4) is 0 Å². The van der Waals surface area contributed by atoms with E-state index >= 15 is 0 Å². The number of amides is 1. The fourth-order valence-corrected chi connectivity index (χ4v) is 3.40. The van der Waals surface area contributed by atoms with Gasteiger partial charge in [0.1, 0.15) is 5.75 Å². The molecule has 4 heteroatoms. The van der Waals surface area contributed by atoms with Crippen molar-refractivity contribution in [1.29, 1.82) is 0 Å². The number of nitrogens with one attached hydrogen (secondary N) is 1. The van der Waals surface area contributed by atoms with Gasteiger partial charge in [-0.1, -0.05) is 19.1 Å². The fraction of sp³-hybridized carbons (Fsp3) is 0.588. The van der Waals surface area contributed by atoms with Crippen molar-refractivity contribution < 1.29 is 9.53 Å². The molecule has 0 saturated carbocycles. The minimum absolute atomic E-state index is 0.147. The molecule has 1 aromatic rings. The van der Waals surface area contributed by atoms with Crippen LogP contribution >= 0.6 is 0 Å². The molecule has 21 heavy (non-hydrogen) atoms. The van der Waals surface area contributed by atoms with E-state index in [2.05, 4.69) is 5.32 Å². The Bertz CT molecular complexity index is 505. The zero-order valence-corrected chi connectivity index (χ0v) is 12.8. The monoisotopic (exact) mass is 288 g/mol. The Balaban J connectivity index is 1.64. The van der Waals surface area contributed by atoms with E-state index in [4.69, 9.17) is 4.74 Å². The van der Waals surface area contributed by atoms with Crippen LogP contribution in [0.1, 0.15) is 18.9 Å². The van der Waals surface area contributed by atoms with Gasteiger partial charge in [0, 0.05) is 26.2 Å². The second kappa shape index (κ2) is 6.06. The molecule has 2 heterocycles. The lowest BCUT2D eigenvalue weighted by Gasteiger charge is -2.24. The zero-order valence-electron chi connectivity index (χ0n) is 12.8. The van der Waals surface area contributed by atoms with E-state index in [0.29, 0.717) is 18.3 Å². The van der Waals surface area contributed by atoms with E-state index < -0.39 is 0 Å². The van der Waals surface area contributed by atoms with E-state index in [-0.39, 0.29) is 12.0 Å². The maximum absolute atomic E-state index is 12.7. The first-order valence-corrected chi connectivity index (χ1v) is 7.90. The molecule has 0 radical (unpaired) electrons. The van der Waals surface area contributed by atoms with Gasteiger partial charge in [0.15, 0.2) is 6.10 Å². The van der Waals surface area contributed by atoms with Crippen LogP contribution in [0.15, 0.2) is 24.3 Å². The highest BCUT2D eigenvalue weighted by Gasteiger charge is 2.39. The Morgan fingerprint density at radius 1 is 1.38 bits per heavy atom. The topological polar surface area (TPSA) is 41.6 Å². The SMILES string of the molecule is CCC(Oc1cccc(C)c1)C(=O)N1C[C@H]2CNC[C@H]2C1. The average Bonchev–Trinajstić information content (AvgIpc) is 3.05. The van der Waals surface area contributed by atoms with Crippen molar-refractivity contribution in [3.05, 3.63) is 29.8 Å². The third kappa shape index (κ3) is 3.05. The number of rotatable bonds is 4. The molecule has 3 rings (SSSR count). The summed E-state index contributed by atoms with van der Waals surface area (Å²) >= 11 is 0. The Hall–Kier alpha value is -1.55.